The highest BCUT2D eigenvalue weighted by atomic mass is 16.6. The fourth-order valence-electron chi connectivity index (χ4n) is 9.66. The number of hydrogen-bond donors (Lipinski definition) is 0. The highest BCUT2D eigenvalue weighted by molar-refractivity contribution is 5.71. The van der Waals surface area contributed by atoms with Crippen molar-refractivity contribution >= 4 is 17.9 Å². The molecule has 0 amide bonds. The van der Waals surface area contributed by atoms with Gasteiger partial charge in [-0.1, -0.05) is 297 Å². The summed E-state index contributed by atoms with van der Waals surface area (Å²) in [4.78, 5) is 38.5. The van der Waals surface area contributed by atoms with Gasteiger partial charge in [-0.25, -0.2) is 0 Å². The Morgan fingerprint density at radius 3 is 0.765 bits per heavy atom. The van der Waals surface area contributed by atoms with Crippen LogP contribution >= 0.6 is 0 Å². The van der Waals surface area contributed by atoms with Crippen LogP contribution in [-0.4, -0.2) is 37.2 Å². The third-order valence-electron chi connectivity index (χ3n) is 14.7. The first kappa shape index (κ1) is 77.1. The predicted molar refractivity (Wildman–Crippen MR) is 353 cm³/mol. The maximum Gasteiger partial charge on any atom is 0.306 e. The number of carbonyl (C=O) groups is 3. The third-order valence-corrected chi connectivity index (χ3v) is 14.7. The molecule has 0 fully saturated rings. The Morgan fingerprint density at radius 2 is 0.481 bits per heavy atom. The molecule has 0 aliphatic rings. The molecule has 81 heavy (non-hydrogen) atoms. The van der Waals surface area contributed by atoms with Gasteiger partial charge in [0.25, 0.3) is 0 Å². The molecule has 0 bridgehead atoms. The Labute approximate surface area is 501 Å². The maximum absolute atomic E-state index is 13.0. The zero-order valence-corrected chi connectivity index (χ0v) is 53.3. The van der Waals surface area contributed by atoms with E-state index < -0.39 is 6.10 Å². The molecule has 0 aromatic rings. The Hall–Kier alpha value is -3.93. The first-order valence-corrected chi connectivity index (χ1v) is 34.4. The van der Waals surface area contributed by atoms with Crippen LogP contribution in [0.15, 0.2) is 109 Å². The lowest BCUT2D eigenvalue weighted by Crippen LogP contribution is -2.30. The van der Waals surface area contributed by atoms with Crippen LogP contribution in [0.1, 0.15) is 329 Å². The average Bonchev–Trinajstić information content (AvgIpc) is 3.47. The summed E-state index contributed by atoms with van der Waals surface area (Å²) in [5.41, 5.74) is 0. The van der Waals surface area contributed by atoms with Gasteiger partial charge in [-0.05, 0) is 122 Å². The van der Waals surface area contributed by atoms with Crippen LogP contribution in [0.3, 0.4) is 0 Å². The lowest BCUT2D eigenvalue weighted by atomic mass is 10.0. The van der Waals surface area contributed by atoms with Crippen molar-refractivity contribution in [2.24, 2.45) is 0 Å². The van der Waals surface area contributed by atoms with Gasteiger partial charge in [-0.2, -0.15) is 0 Å². The second kappa shape index (κ2) is 68.6. The molecule has 0 N–H and O–H groups in total. The van der Waals surface area contributed by atoms with E-state index in [-0.39, 0.29) is 31.1 Å². The molecule has 1 unspecified atom stereocenters. The lowest BCUT2D eigenvalue weighted by molar-refractivity contribution is -0.167. The quantitative estimate of drug-likeness (QED) is 0.0261. The molecule has 0 spiro atoms. The highest BCUT2D eigenvalue weighted by Crippen LogP contribution is 2.17. The number of ether oxygens (including phenoxy) is 3. The smallest absolute Gasteiger partial charge is 0.306 e. The molecule has 6 heteroatoms. The van der Waals surface area contributed by atoms with Crippen LogP contribution in [0.25, 0.3) is 0 Å². The second-order valence-electron chi connectivity index (χ2n) is 22.7. The predicted octanol–water partition coefficient (Wildman–Crippen LogP) is 23.8. The van der Waals surface area contributed by atoms with E-state index in [0.717, 1.165) is 109 Å². The van der Waals surface area contributed by atoms with Crippen molar-refractivity contribution in [3.8, 4) is 0 Å². The monoisotopic (exact) mass is 1120 g/mol. The molecule has 464 valence electrons. The number of carbonyl (C=O) groups excluding carboxylic acids is 3. The molecule has 6 nitrogen and oxygen atoms in total. The minimum Gasteiger partial charge on any atom is -0.462 e. The van der Waals surface area contributed by atoms with E-state index in [1.165, 1.54) is 180 Å². The van der Waals surface area contributed by atoms with Crippen molar-refractivity contribution in [1.29, 1.82) is 0 Å². The summed E-state index contributed by atoms with van der Waals surface area (Å²) >= 11 is 0. The van der Waals surface area contributed by atoms with Crippen LogP contribution in [0.5, 0.6) is 0 Å². The number of hydrogen-bond acceptors (Lipinski definition) is 6. The van der Waals surface area contributed by atoms with Crippen molar-refractivity contribution in [3.63, 3.8) is 0 Å². The number of rotatable bonds is 62. The maximum atomic E-state index is 13.0. The van der Waals surface area contributed by atoms with Crippen molar-refractivity contribution in [2.75, 3.05) is 13.2 Å². The number of unbranched alkanes of at least 4 members (excludes halogenated alkanes) is 33. The summed E-state index contributed by atoms with van der Waals surface area (Å²) < 4.78 is 17.0. The summed E-state index contributed by atoms with van der Waals surface area (Å²) in [6.45, 7) is 6.44. The molecule has 0 aliphatic heterocycles. The van der Waals surface area contributed by atoms with Gasteiger partial charge in [0.05, 0.1) is 0 Å². The minimum absolute atomic E-state index is 0.0824. The van der Waals surface area contributed by atoms with Gasteiger partial charge in [-0.15, -0.1) is 0 Å². The highest BCUT2D eigenvalue weighted by Gasteiger charge is 2.19. The zero-order valence-electron chi connectivity index (χ0n) is 53.3. The SMILES string of the molecule is CC/C=C\C/C=C\C/C=C\C/C=C\CCCCCCCCCCCCC(=O)OCC(COC(=O)CCCCCCCCC/C=C\CCCCCCCC)OC(=O)CCCCCCCCCCCC/C=C\C/C=C\C/C=C\C/C=C\CC. The van der Waals surface area contributed by atoms with E-state index in [0.29, 0.717) is 19.3 Å². The van der Waals surface area contributed by atoms with Gasteiger partial charge >= 0.3 is 17.9 Å². The minimum atomic E-state index is -0.788. The van der Waals surface area contributed by atoms with Crippen molar-refractivity contribution in [3.05, 3.63) is 109 Å². The molecule has 1 atom stereocenters. The molecule has 0 saturated heterocycles. The van der Waals surface area contributed by atoms with Crippen molar-refractivity contribution in [2.45, 2.75) is 335 Å². The van der Waals surface area contributed by atoms with E-state index in [1.807, 2.05) is 0 Å². The van der Waals surface area contributed by atoms with E-state index >= 15 is 0 Å². The molecule has 0 heterocycles. The molecular weight excluding hydrogens is 997 g/mol. The molecule has 0 saturated carbocycles. The fraction of sp³-hybridized carbons (Fsp3) is 0.720. The first-order valence-electron chi connectivity index (χ1n) is 34.4. The van der Waals surface area contributed by atoms with E-state index in [2.05, 4.69) is 130 Å². The van der Waals surface area contributed by atoms with Gasteiger partial charge in [0, 0.05) is 19.3 Å². The van der Waals surface area contributed by atoms with E-state index in [1.54, 1.807) is 0 Å². The molecule has 0 aromatic carbocycles. The Bertz CT molecular complexity index is 1620. The summed E-state index contributed by atoms with van der Waals surface area (Å²) in [7, 11) is 0. The number of esters is 3. The fourth-order valence-corrected chi connectivity index (χ4v) is 9.66. The number of allylic oxidation sites excluding steroid dienone is 18. The first-order chi connectivity index (χ1) is 40.0. The Morgan fingerprint density at radius 1 is 0.259 bits per heavy atom. The van der Waals surface area contributed by atoms with Gasteiger partial charge in [0.15, 0.2) is 6.10 Å². The van der Waals surface area contributed by atoms with Crippen molar-refractivity contribution < 1.29 is 28.6 Å². The second-order valence-corrected chi connectivity index (χ2v) is 22.7. The van der Waals surface area contributed by atoms with Gasteiger partial charge < -0.3 is 14.2 Å². The lowest BCUT2D eigenvalue weighted by Gasteiger charge is -2.18. The normalized spacial score (nSPS) is 12.8. The molecule has 0 rings (SSSR count). The van der Waals surface area contributed by atoms with Crippen molar-refractivity contribution in [1.82, 2.24) is 0 Å². The zero-order chi connectivity index (χ0) is 58.5. The average molecular weight is 1130 g/mol. The van der Waals surface area contributed by atoms with Crippen LogP contribution in [0.4, 0.5) is 0 Å². The standard InChI is InChI=1S/C75H128O6/c1-4-7-10-13-16-19-22-25-28-31-33-35-37-39-41-44-47-50-53-56-59-62-65-68-74(77)80-71-72(70-79-73(76)67-64-61-58-55-52-49-46-43-30-27-24-21-18-15-12-9-6-3)81-75(78)69-66-63-60-57-54-51-48-45-42-40-38-36-34-32-29-26-23-20-17-14-11-8-5-2/h7-8,10-11,16-17,19-20,25-30,33-36,72H,4-6,9,12-15,18,21-24,31-32,37-71H2,1-3H3/b10-7-,11-8-,19-16-,20-17-,28-25-,29-26-,30-27-,35-33-,36-34-. The summed E-state index contributed by atoms with van der Waals surface area (Å²) in [6.07, 6.45) is 93.8. The largest absolute Gasteiger partial charge is 0.462 e. The summed E-state index contributed by atoms with van der Waals surface area (Å²) in [6, 6.07) is 0. The van der Waals surface area contributed by atoms with Crippen LogP contribution in [0.2, 0.25) is 0 Å². The van der Waals surface area contributed by atoms with Crippen LogP contribution in [0, 0.1) is 0 Å². The Balaban J connectivity index is 4.38. The van der Waals surface area contributed by atoms with E-state index in [9.17, 15) is 14.4 Å². The van der Waals surface area contributed by atoms with Gasteiger partial charge in [0.2, 0.25) is 0 Å². The molecular formula is C75H128O6. The molecule has 0 radical (unpaired) electrons. The summed E-state index contributed by atoms with van der Waals surface area (Å²) in [5, 5.41) is 0. The molecule has 0 aliphatic carbocycles. The molecule has 0 aromatic heterocycles. The van der Waals surface area contributed by atoms with E-state index in [4.69, 9.17) is 14.2 Å². The topological polar surface area (TPSA) is 78.9 Å². The third kappa shape index (κ3) is 66.8. The summed E-state index contributed by atoms with van der Waals surface area (Å²) in [5.74, 6) is -0.882. The van der Waals surface area contributed by atoms with Gasteiger partial charge in [0.1, 0.15) is 13.2 Å². The van der Waals surface area contributed by atoms with Gasteiger partial charge in [-0.3, -0.25) is 14.4 Å². The van der Waals surface area contributed by atoms with Crippen LogP contribution < -0.4 is 0 Å². The Kier molecular flexibility index (Phi) is 65.2. The van der Waals surface area contributed by atoms with Crippen LogP contribution in [-0.2, 0) is 28.6 Å².